The molecule has 0 saturated carbocycles. The summed E-state index contributed by atoms with van der Waals surface area (Å²) >= 11 is 0. The van der Waals surface area contributed by atoms with Gasteiger partial charge in [0.1, 0.15) is 5.82 Å². The second-order valence-electron chi connectivity index (χ2n) is 7.28. The summed E-state index contributed by atoms with van der Waals surface area (Å²) in [5, 5.41) is 9.65. The fourth-order valence-electron chi connectivity index (χ4n) is 3.95. The number of ether oxygens (including phenoxy) is 1. The van der Waals surface area contributed by atoms with Crippen molar-refractivity contribution in [3.63, 3.8) is 0 Å². The Morgan fingerprint density at radius 2 is 2.08 bits per heavy atom. The number of amides is 1. The SMILES string of the molecule is Cc1nccn1CCC(=O)N1C[C@H](CO)C[C@H](CN2CCOCC2)C1. The highest BCUT2D eigenvalue weighted by molar-refractivity contribution is 5.76. The second kappa shape index (κ2) is 8.78. The molecule has 7 heteroatoms. The number of imidazole rings is 1. The summed E-state index contributed by atoms with van der Waals surface area (Å²) in [5.41, 5.74) is 0. The van der Waals surface area contributed by atoms with Crippen LogP contribution in [0.1, 0.15) is 18.7 Å². The number of piperidine rings is 1. The van der Waals surface area contributed by atoms with Crippen LogP contribution in [0.25, 0.3) is 0 Å². The molecule has 1 aromatic heterocycles. The summed E-state index contributed by atoms with van der Waals surface area (Å²) in [6, 6.07) is 0. The van der Waals surface area contributed by atoms with Gasteiger partial charge in [0.25, 0.3) is 0 Å². The van der Waals surface area contributed by atoms with Crippen molar-refractivity contribution in [2.45, 2.75) is 26.3 Å². The van der Waals surface area contributed by atoms with Gasteiger partial charge in [0, 0.05) is 64.7 Å². The van der Waals surface area contributed by atoms with Gasteiger partial charge in [-0.05, 0) is 25.2 Å². The maximum Gasteiger partial charge on any atom is 0.224 e. The molecule has 0 spiro atoms. The van der Waals surface area contributed by atoms with Gasteiger partial charge in [-0.2, -0.15) is 0 Å². The van der Waals surface area contributed by atoms with Gasteiger partial charge in [-0.1, -0.05) is 0 Å². The lowest BCUT2D eigenvalue weighted by molar-refractivity contribution is -0.135. The molecule has 1 amide bonds. The van der Waals surface area contributed by atoms with Crippen LogP contribution in [0.5, 0.6) is 0 Å². The van der Waals surface area contributed by atoms with E-state index in [-0.39, 0.29) is 18.4 Å². The molecule has 2 saturated heterocycles. The van der Waals surface area contributed by atoms with Crippen LogP contribution in [0.15, 0.2) is 12.4 Å². The Morgan fingerprint density at radius 3 is 2.76 bits per heavy atom. The largest absolute Gasteiger partial charge is 0.396 e. The fraction of sp³-hybridized carbons (Fsp3) is 0.778. The molecule has 2 atom stereocenters. The average molecular weight is 350 g/mol. The number of likely N-dealkylation sites (tertiary alicyclic amines) is 1. The van der Waals surface area contributed by atoms with Crippen LogP contribution in [0, 0.1) is 18.8 Å². The van der Waals surface area contributed by atoms with Crippen LogP contribution in [0.2, 0.25) is 0 Å². The first-order chi connectivity index (χ1) is 12.2. The minimum atomic E-state index is 0.157. The number of aliphatic hydroxyl groups excluding tert-OH is 1. The highest BCUT2D eigenvalue weighted by Gasteiger charge is 2.30. The summed E-state index contributed by atoms with van der Waals surface area (Å²) in [7, 11) is 0. The van der Waals surface area contributed by atoms with E-state index in [4.69, 9.17) is 4.74 Å². The number of aliphatic hydroxyl groups is 1. The van der Waals surface area contributed by atoms with Crippen LogP contribution in [-0.4, -0.2) is 82.9 Å². The first kappa shape index (κ1) is 18.4. The molecule has 25 heavy (non-hydrogen) atoms. The Hall–Kier alpha value is -1.44. The maximum absolute atomic E-state index is 12.7. The molecular formula is C18H30N4O3. The van der Waals surface area contributed by atoms with Gasteiger partial charge in [-0.15, -0.1) is 0 Å². The average Bonchev–Trinajstić information content (AvgIpc) is 3.05. The van der Waals surface area contributed by atoms with Crippen LogP contribution in [0.3, 0.4) is 0 Å². The molecule has 7 nitrogen and oxygen atoms in total. The van der Waals surface area contributed by atoms with Crippen molar-refractivity contribution >= 4 is 5.91 Å². The number of aromatic nitrogens is 2. The normalized spacial score (nSPS) is 25.3. The Labute approximate surface area is 149 Å². The van der Waals surface area contributed by atoms with Crippen molar-refractivity contribution in [3.8, 4) is 0 Å². The lowest BCUT2D eigenvalue weighted by atomic mass is 9.89. The van der Waals surface area contributed by atoms with E-state index in [1.807, 2.05) is 22.6 Å². The van der Waals surface area contributed by atoms with Crippen LogP contribution in [0.4, 0.5) is 0 Å². The van der Waals surface area contributed by atoms with Crippen molar-refractivity contribution in [3.05, 3.63) is 18.2 Å². The van der Waals surface area contributed by atoms with Gasteiger partial charge in [-0.25, -0.2) is 4.98 Å². The number of nitrogens with zero attached hydrogens (tertiary/aromatic N) is 4. The smallest absolute Gasteiger partial charge is 0.224 e. The van der Waals surface area contributed by atoms with Gasteiger partial charge in [-0.3, -0.25) is 9.69 Å². The first-order valence-electron chi connectivity index (χ1n) is 9.32. The van der Waals surface area contributed by atoms with Crippen molar-refractivity contribution in [1.29, 1.82) is 0 Å². The van der Waals surface area contributed by atoms with E-state index >= 15 is 0 Å². The molecule has 1 aromatic rings. The van der Waals surface area contributed by atoms with Gasteiger partial charge in [0.15, 0.2) is 0 Å². The van der Waals surface area contributed by atoms with Gasteiger partial charge in [0.05, 0.1) is 13.2 Å². The Morgan fingerprint density at radius 1 is 1.32 bits per heavy atom. The zero-order valence-corrected chi connectivity index (χ0v) is 15.1. The number of carbonyl (C=O) groups excluding carboxylic acids is 1. The third-order valence-corrected chi connectivity index (χ3v) is 5.35. The molecule has 2 fully saturated rings. The predicted molar refractivity (Wildman–Crippen MR) is 94.1 cm³/mol. The summed E-state index contributed by atoms with van der Waals surface area (Å²) in [5.74, 6) is 1.74. The molecule has 0 bridgehead atoms. The van der Waals surface area contributed by atoms with Gasteiger partial charge >= 0.3 is 0 Å². The summed E-state index contributed by atoms with van der Waals surface area (Å²) in [6.45, 7) is 8.76. The molecule has 3 heterocycles. The minimum Gasteiger partial charge on any atom is -0.396 e. The van der Waals surface area contributed by atoms with E-state index in [2.05, 4.69) is 9.88 Å². The Kier molecular flexibility index (Phi) is 6.45. The van der Waals surface area contributed by atoms with Crippen LogP contribution < -0.4 is 0 Å². The number of hydrogen-bond acceptors (Lipinski definition) is 5. The zero-order valence-electron chi connectivity index (χ0n) is 15.1. The van der Waals surface area contributed by atoms with E-state index in [0.717, 1.165) is 51.6 Å². The Bertz CT molecular complexity index is 556. The number of aryl methyl sites for hydroxylation is 2. The van der Waals surface area contributed by atoms with E-state index in [1.54, 1.807) is 6.20 Å². The standard InChI is InChI=1S/C18H30N4O3/c1-15-19-3-5-21(15)4-2-18(24)22-12-16(10-17(13-22)14-23)11-20-6-8-25-9-7-20/h3,5,16-17,23H,2,4,6-14H2,1H3/t16-,17-/m1/s1. The topological polar surface area (TPSA) is 70.8 Å². The predicted octanol–water partition coefficient (Wildman–Crippen LogP) is 0.371. The molecular weight excluding hydrogens is 320 g/mol. The van der Waals surface area contributed by atoms with E-state index < -0.39 is 0 Å². The second-order valence-corrected chi connectivity index (χ2v) is 7.28. The first-order valence-corrected chi connectivity index (χ1v) is 9.32. The molecule has 0 aliphatic carbocycles. The van der Waals surface area contributed by atoms with Crippen LogP contribution in [-0.2, 0) is 16.1 Å². The minimum absolute atomic E-state index is 0.157. The monoisotopic (exact) mass is 350 g/mol. The molecule has 2 aliphatic rings. The van der Waals surface area contributed by atoms with Crippen molar-refractivity contribution in [2.24, 2.45) is 11.8 Å². The fourth-order valence-corrected chi connectivity index (χ4v) is 3.95. The van der Waals surface area contributed by atoms with Crippen LogP contribution >= 0.6 is 0 Å². The number of morpholine rings is 1. The summed E-state index contributed by atoms with van der Waals surface area (Å²) in [6.07, 6.45) is 5.16. The molecule has 0 radical (unpaired) electrons. The van der Waals surface area contributed by atoms with E-state index in [9.17, 15) is 9.90 Å². The molecule has 3 rings (SSSR count). The van der Waals surface area contributed by atoms with Gasteiger partial charge in [0.2, 0.25) is 5.91 Å². The molecule has 0 aromatic carbocycles. The molecule has 0 unspecified atom stereocenters. The maximum atomic E-state index is 12.7. The molecule has 140 valence electrons. The number of hydrogen-bond donors (Lipinski definition) is 1. The third-order valence-electron chi connectivity index (χ3n) is 5.35. The quantitative estimate of drug-likeness (QED) is 0.803. The van der Waals surface area contributed by atoms with Crippen molar-refractivity contribution in [2.75, 3.05) is 52.5 Å². The number of carbonyl (C=O) groups is 1. The van der Waals surface area contributed by atoms with Gasteiger partial charge < -0.3 is 19.3 Å². The summed E-state index contributed by atoms with van der Waals surface area (Å²) in [4.78, 5) is 21.3. The molecule has 2 aliphatic heterocycles. The zero-order chi connectivity index (χ0) is 17.6. The van der Waals surface area contributed by atoms with Crippen molar-refractivity contribution < 1.29 is 14.6 Å². The summed E-state index contributed by atoms with van der Waals surface area (Å²) < 4.78 is 7.42. The molecule has 1 N–H and O–H groups in total. The Balaban J connectivity index is 1.53. The number of rotatable bonds is 6. The third kappa shape index (κ3) is 5.03. The van der Waals surface area contributed by atoms with E-state index in [1.165, 1.54) is 0 Å². The lowest BCUT2D eigenvalue weighted by Crippen LogP contribution is -2.49. The van der Waals surface area contributed by atoms with E-state index in [0.29, 0.717) is 25.4 Å². The highest BCUT2D eigenvalue weighted by atomic mass is 16.5. The van der Waals surface area contributed by atoms with Crippen molar-refractivity contribution in [1.82, 2.24) is 19.4 Å². The highest BCUT2D eigenvalue weighted by Crippen LogP contribution is 2.23. The lowest BCUT2D eigenvalue weighted by Gasteiger charge is -2.40.